The van der Waals surface area contributed by atoms with Gasteiger partial charge in [0.15, 0.2) is 0 Å². The molecule has 0 atom stereocenters. The minimum absolute atomic E-state index is 0.0931. The molecule has 9 heteroatoms. The fraction of sp³-hybridized carbons (Fsp3) is 0.227. The topological polar surface area (TPSA) is 115 Å². The zero-order valence-corrected chi connectivity index (χ0v) is 17.3. The monoisotopic (exact) mass is 418 g/mol. The number of nitrogens with one attached hydrogen (secondary N) is 2. The maximum atomic E-state index is 12.4. The van der Waals surface area contributed by atoms with Gasteiger partial charge in [-0.25, -0.2) is 4.98 Å². The number of fused-ring (bicyclic) bond motifs is 1. The first kappa shape index (κ1) is 20.3. The van der Waals surface area contributed by atoms with Crippen LogP contribution in [0.2, 0.25) is 0 Å². The van der Waals surface area contributed by atoms with Crippen molar-refractivity contribution in [2.24, 2.45) is 0 Å². The molecule has 0 aliphatic rings. The van der Waals surface area contributed by atoms with Crippen LogP contribution in [0, 0.1) is 6.92 Å². The van der Waals surface area contributed by atoms with Crippen LogP contribution < -0.4 is 10.9 Å². The fourth-order valence-corrected chi connectivity index (χ4v) is 3.32. The van der Waals surface area contributed by atoms with Crippen LogP contribution in [0.1, 0.15) is 35.4 Å². The molecule has 2 amide bonds. The molecule has 0 aliphatic carbocycles. The summed E-state index contributed by atoms with van der Waals surface area (Å²) < 4.78 is 7.65. The largest absolute Gasteiger partial charge is 0.421 e. The average molecular weight is 418 g/mol. The number of amides is 2. The van der Waals surface area contributed by atoms with Crippen molar-refractivity contribution >= 4 is 22.8 Å². The van der Waals surface area contributed by atoms with Crippen molar-refractivity contribution in [2.75, 3.05) is 0 Å². The lowest BCUT2D eigenvalue weighted by molar-refractivity contribution is -0.121. The van der Waals surface area contributed by atoms with Crippen LogP contribution in [0.25, 0.3) is 22.5 Å². The molecule has 0 radical (unpaired) electrons. The van der Waals surface area contributed by atoms with Gasteiger partial charge in [-0.2, -0.15) is 0 Å². The third-order valence-electron chi connectivity index (χ3n) is 4.89. The molecule has 31 heavy (non-hydrogen) atoms. The number of aryl methyl sites for hydroxylation is 3. The van der Waals surface area contributed by atoms with Gasteiger partial charge in [0.1, 0.15) is 5.82 Å². The van der Waals surface area contributed by atoms with E-state index < -0.39 is 5.91 Å². The van der Waals surface area contributed by atoms with Gasteiger partial charge in [0.05, 0.1) is 11.0 Å². The number of hydrazine groups is 1. The van der Waals surface area contributed by atoms with Crippen molar-refractivity contribution in [1.82, 2.24) is 30.6 Å². The van der Waals surface area contributed by atoms with Crippen LogP contribution in [0.3, 0.4) is 0 Å². The first-order valence-electron chi connectivity index (χ1n) is 9.99. The maximum Gasteiger partial charge on any atom is 0.269 e. The van der Waals surface area contributed by atoms with Gasteiger partial charge in [0.2, 0.25) is 17.7 Å². The molecule has 2 aromatic heterocycles. The van der Waals surface area contributed by atoms with E-state index >= 15 is 0 Å². The Bertz CT molecular complexity index is 1230. The molecule has 0 aliphatic heterocycles. The molecule has 2 aromatic carbocycles. The Labute approximate surface area is 178 Å². The summed E-state index contributed by atoms with van der Waals surface area (Å²) in [6, 6.07) is 14.7. The van der Waals surface area contributed by atoms with Gasteiger partial charge in [0.25, 0.3) is 5.91 Å². The highest BCUT2D eigenvalue weighted by atomic mass is 16.4. The van der Waals surface area contributed by atoms with Crippen LogP contribution in [0.5, 0.6) is 0 Å². The minimum atomic E-state index is -0.414. The predicted molar refractivity (Wildman–Crippen MR) is 114 cm³/mol. The second-order valence-electron chi connectivity index (χ2n) is 6.98. The van der Waals surface area contributed by atoms with Crippen LogP contribution >= 0.6 is 0 Å². The SMILES string of the molecule is CCn1c(C)nc2cc(C(=O)NNC(=O)CCc3nnc(-c4ccccc4)o3)ccc21. The van der Waals surface area contributed by atoms with Gasteiger partial charge in [-0.1, -0.05) is 18.2 Å². The molecule has 9 nitrogen and oxygen atoms in total. The number of hydrogen-bond acceptors (Lipinski definition) is 6. The molecule has 2 N–H and O–H groups in total. The van der Waals surface area contributed by atoms with Crippen LogP contribution in [0.15, 0.2) is 52.9 Å². The highest BCUT2D eigenvalue weighted by molar-refractivity contribution is 5.98. The van der Waals surface area contributed by atoms with Crippen molar-refractivity contribution < 1.29 is 14.0 Å². The molecule has 0 unspecified atom stereocenters. The second kappa shape index (κ2) is 8.78. The highest BCUT2D eigenvalue weighted by Crippen LogP contribution is 2.18. The maximum absolute atomic E-state index is 12.4. The number of nitrogens with zero attached hydrogens (tertiary/aromatic N) is 4. The number of aromatic nitrogens is 4. The number of carbonyl (C=O) groups is 2. The third kappa shape index (κ3) is 4.45. The summed E-state index contributed by atoms with van der Waals surface area (Å²) in [5.41, 5.74) is 7.77. The van der Waals surface area contributed by atoms with E-state index in [1.54, 1.807) is 12.1 Å². The molecule has 0 bridgehead atoms. The summed E-state index contributed by atoms with van der Waals surface area (Å²) in [6.07, 6.45) is 0.358. The lowest BCUT2D eigenvalue weighted by Gasteiger charge is -2.07. The van der Waals surface area contributed by atoms with Gasteiger partial charge in [-0.15, -0.1) is 10.2 Å². The lowest BCUT2D eigenvalue weighted by Crippen LogP contribution is -2.41. The standard InChI is InChI=1S/C22H22N6O3/c1-3-28-14(2)23-17-13-16(9-10-18(17)28)21(30)26-24-19(29)11-12-20-25-27-22(31-20)15-7-5-4-6-8-15/h4-10,13H,3,11-12H2,1-2H3,(H,24,29)(H,26,30). The number of rotatable bonds is 6. The van der Waals surface area contributed by atoms with Gasteiger partial charge < -0.3 is 8.98 Å². The first-order valence-corrected chi connectivity index (χ1v) is 9.99. The minimum Gasteiger partial charge on any atom is -0.421 e. The third-order valence-corrected chi connectivity index (χ3v) is 4.89. The Kier molecular flexibility index (Phi) is 5.74. The molecule has 4 rings (SSSR count). The van der Waals surface area contributed by atoms with E-state index in [0.717, 1.165) is 29.0 Å². The molecule has 2 heterocycles. The van der Waals surface area contributed by atoms with Gasteiger partial charge in [-0.3, -0.25) is 20.4 Å². The lowest BCUT2D eigenvalue weighted by atomic mass is 10.2. The van der Waals surface area contributed by atoms with E-state index in [9.17, 15) is 9.59 Å². The number of imidazole rings is 1. The van der Waals surface area contributed by atoms with Crippen LogP contribution in [0.4, 0.5) is 0 Å². The van der Waals surface area contributed by atoms with Crippen molar-refractivity contribution in [3.8, 4) is 11.5 Å². The fourth-order valence-electron chi connectivity index (χ4n) is 3.32. The average Bonchev–Trinajstić information content (AvgIpc) is 3.39. The van der Waals surface area contributed by atoms with Crippen molar-refractivity contribution in [3.63, 3.8) is 0 Å². The van der Waals surface area contributed by atoms with Gasteiger partial charge in [-0.05, 0) is 44.2 Å². The number of benzene rings is 2. The summed E-state index contributed by atoms with van der Waals surface area (Å²) in [7, 11) is 0. The zero-order chi connectivity index (χ0) is 21.8. The highest BCUT2D eigenvalue weighted by Gasteiger charge is 2.13. The Morgan fingerprint density at radius 2 is 1.87 bits per heavy atom. The normalized spacial score (nSPS) is 10.9. The summed E-state index contributed by atoms with van der Waals surface area (Å²) in [5, 5.41) is 7.95. The number of carbonyl (C=O) groups excluding carboxylic acids is 2. The molecule has 0 spiro atoms. The molecule has 0 saturated carbocycles. The van der Waals surface area contributed by atoms with E-state index in [4.69, 9.17) is 4.42 Å². The summed E-state index contributed by atoms with van der Waals surface area (Å²) in [6.45, 7) is 4.77. The summed E-state index contributed by atoms with van der Waals surface area (Å²) in [4.78, 5) is 29.0. The molecule has 0 fully saturated rings. The van der Waals surface area contributed by atoms with E-state index in [-0.39, 0.29) is 18.7 Å². The van der Waals surface area contributed by atoms with Crippen molar-refractivity contribution in [3.05, 3.63) is 65.8 Å². The summed E-state index contributed by atoms with van der Waals surface area (Å²) >= 11 is 0. The second-order valence-corrected chi connectivity index (χ2v) is 6.98. The van der Waals surface area contributed by atoms with Gasteiger partial charge >= 0.3 is 0 Å². The van der Waals surface area contributed by atoms with E-state index in [1.165, 1.54) is 0 Å². The van der Waals surface area contributed by atoms with Crippen LogP contribution in [-0.4, -0.2) is 31.6 Å². The molecular weight excluding hydrogens is 396 g/mol. The van der Waals surface area contributed by atoms with Crippen molar-refractivity contribution in [1.29, 1.82) is 0 Å². The van der Waals surface area contributed by atoms with E-state index in [1.807, 2.05) is 50.2 Å². The van der Waals surface area contributed by atoms with E-state index in [0.29, 0.717) is 17.3 Å². The smallest absolute Gasteiger partial charge is 0.269 e. The molecule has 158 valence electrons. The zero-order valence-electron chi connectivity index (χ0n) is 17.3. The van der Waals surface area contributed by atoms with Gasteiger partial charge in [0, 0.05) is 30.5 Å². The Morgan fingerprint density at radius 1 is 1.06 bits per heavy atom. The first-order chi connectivity index (χ1) is 15.0. The number of hydrogen-bond donors (Lipinski definition) is 2. The Morgan fingerprint density at radius 3 is 2.65 bits per heavy atom. The molecular formula is C22H22N6O3. The van der Waals surface area contributed by atoms with E-state index in [2.05, 4.69) is 30.6 Å². The van der Waals surface area contributed by atoms with Crippen LogP contribution in [-0.2, 0) is 17.8 Å². The Hall–Kier alpha value is -4.01. The molecule has 0 saturated heterocycles. The molecule has 4 aromatic rings. The van der Waals surface area contributed by atoms with Crippen molar-refractivity contribution in [2.45, 2.75) is 33.2 Å². The summed E-state index contributed by atoms with van der Waals surface area (Å²) in [5.74, 6) is 0.871. The predicted octanol–water partition coefficient (Wildman–Crippen LogP) is 2.81. The quantitative estimate of drug-likeness (QED) is 0.465. The Balaban J connectivity index is 1.30.